The number of methoxy groups -OCH3 is 1. The summed E-state index contributed by atoms with van der Waals surface area (Å²) < 4.78 is 7.52. The van der Waals surface area contributed by atoms with Crippen LogP contribution >= 0.6 is 0 Å². The molecule has 1 aliphatic heterocycles. The number of hydrogen-bond acceptors (Lipinski definition) is 4. The van der Waals surface area contributed by atoms with E-state index in [-0.39, 0.29) is 18.1 Å². The smallest absolute Gasteiger partial charge is 0.414 e. The van der Waals surface area contributed by atoms with Crippen molar-refractivity contribution in [3.63, 3.8) is 0 Å². The summed E-state index contributed by atoms with van der Waals surface area (Å²) in [4.78, 5) is 19.5. The molecule has 0 saturated heterocycles. The fourth-order valence-electron chi connectivity index (χ4n) is 5.60. The lowest BCUT2D eigenvalue weighted by molar-refractivity contribution is 0.175. The van der Waals surface area contributed by atoms with Gasteiger partial charge in [0.2, 0.25) is 0 Å². The minimum atomic E-state index is -0.318. The van der Waals surface area contributed by atoms with Crippen molar-refractivity contribution in [3.8, 4) is 6.07 Å². The molecule has 1 saturated carbocycles. The standard InChI is InChI=1S/C27H30N4O2/c1-18-8-13-22-23(30(18)27(32)33-2)14-15-24-26(22)29-25(16-19-6-4-3-5-7-19)31(24)21-11-9-20(17-28)10-12-21/h3-7,14-15,18,20-21H,8-13,16H2,1-2H3/t18-,20?,21?/m0/s1. The van der Waals surface area contributed by atoms with Gasteiger partial charge in [-0.15, -0.1) is 0 Å². The molecule has 0 bridgehead atoms. The average molecular weight is 443 g/mol. The van der Waals surface area contributed by atoms with Crippen molar-refractivity contribution in [2.24, 2.45) is 5.92 Å². The van der Waals surface area contributed by atoms with Gasteiger partial charge in [0.25, 0.3) is 0 Å². The van der Waals surface area contributed by atoms with Gasteiger partial charge in [-0.25, -0.2) is 9.78 Å². The normalized spacial score (nSPS) is 22.6. The second-order valence-corrected chi connectivity index (χ2v) is 9.35. The summed E-state index contributed by atoms with van der Waals surface area (Å²) in [5.41, 5.74) is 5.42. The van der Waals surface area contributed by atoms with E-state index in [1.165, 1.54) is 12.7 Å². The van der Waals surface area contributed by atoms with Crippen LogP contribution in [-0.2, 0) is 17.6 Å². The number of hydrogen-bond donors (Lipinski definition) is 0. The maximum Gasteiger partial charge on any atom is 0.414 e. The Bertz CT molecular complexity index is 1200. The maximum absolute atomic E-state index is 12.5. The molecule has 5 rings (SSSR count). The van der Waals surface area contributed by atoms with Gasteiger partial charge in [-0.3, -0.25) is 4.90 Å². The Hall–Kier alpha value is -3.33. The minimum Gasteiger partial charge on any atom is -0.452 e. The molecule has 1 aliphatic carbocycles. The number of nitriles is 1. The molecule has 6 heteroatoms. The topological polar surface area (TPSA) is 71.2 Å². The average Bonchev–Trinajstić information content (AvgIpc) is 3.22. The molecule has 0 unspecified atom stereocenters. The molecule has 0 spiro atoms. The molecule has 0 radical (unpaired) electrons. The third-order valence-electron chi connectivity index (χ3n) is 7.35. The molecule has 1 atom stereocenters. The second kappa shape index (κ2) is 8.90. The number of imidazole rings is 1. The van der Waals surface area contributed by atoms with E-state index in [4.69, 9.17) is 9.72 Å². The molecule has 1 amide bonds. The summed E-state index contributed by atoms with van der Waals surface area (Å²) in [5.74, 6) is 1.23. The van der Waals surface area contributed by atoms with E-state index in [1.807, 2.05) is 6.07 Å². The number of nitrogens with zero attached hydrogens (tertiary/aromatic N) is 4. The Kier molecular flexibility index (Phi) is 5.80. The lowest BCUT2D eigenvalue weighted by atomic mass is 9.86. The number of carbonyl (C=O) groups excluding carboxylic acids is 1. The predicted octanol–water partition coefficient (Wildman–Crippen LogP) is 5.79. The van der Waals surface area contributed by atoms with Gasteiger partial charge in [-0.2, -0.15) is 5.26 Å². The Morgan fingerprint density at radius 2 is 1.88 bits per heavy atom. The quantitative estimate of drug-likeness (QED) is 0.515. The number of carbonyl (C=O) groups is 1. The van der Waals surface area contributed by atoms with Crippen molar-refractivity contribution in [1.82, 2.24) is 9.55 Å². The zero-order valence-corrected chi connectivity index (χ0v) is 19.3. The van der Waals surface area contributed by atoms with Crippen molar-refractivity contribution in [3.05, 3.63) is 59.4 Å². The molecular formula is C27H30N4O2. The first kappa shape index (κ1) is 21.5. The fraction of sp³-hybridized carbons (Fsp3) is 0.444. The lowest BCUT2D eigenvalue weighted by Crippen LogP contribution is -2.42. The van der Waals surface area contributed by atoms with Crippen LogP contribution in [0.3, 0.4) is 0 Å². The van der Waals surface area contributed by atoms with Crippen LogP contribution in [-0.4, -0.2) is 28.8 Å². The number of anilines is 1. The van der Waals surface area contributed by atoms with Crippen LogP contribution in [0.1, 0.15) is 62.0 Å². The van der Waals surface area contributed by atoms with E-state index in [1.54, 1.807) is 4.90 Å². The van der Waals surface area contributed by atoms with Gasteiger partial charge in [-0.05, 0) is 63.1 Å². The second-order valence-electron chi connectivity index (χ2n) is 9.35. The summed E-state index contributed by atoms with van der Waals surface area (Å²) in [6, 6.07) is 17.5. The molecule has 2 aromatic carbocycles. The highest BCUT2D eigenvalue weighted by atomic mass is 16.5. The van der Waals surface area contributed by atoms with E-state index in [2.05, 4.69) is 54.0 Å². The predicted molar refractivity (Wildman–Crippen MR) is 128 cm³/mol. The summed E-state index contributed by atoms with van der Waals surface area (Å²) in [6.07, 6.45) is 6.08. The number of aromatic nitrogens is 2. The first-order valence-corrected chi connectivity index (χ1v) is 11.9. The van der Waals surface area contributed by atoms with E-state index >= 15 is 0 Å². The van der Waals surface area contributed by atoms with E-state index in [0.717, 1.165) is 73.1 Å². The molecular weight excluding hydrogens is 412 g/mol. The first-order chi connectivity index (χ1) is 16.1. The Balaban J connectivity index is 1.63. The highest BCUT2D eigenvalue weighted by Crippen LogP contribution is 2.40. The molecule has 0 N–H and O–H groups in total. The van der Waals surface area contributed by atoms with Crippen LogP contribution in [0.4, 0.5) is 10.5 Å². The molecule has 3 aromatic rings. The summed E-state index contributed by atoms with van der Waals surface area (Å²) in [5, 5.41) is 9.36. The third-order valence-corrected chi connectivity index (χ3v) is 7.35. The lowest BCUT2D eigenvalue weighted by Gasteiger charge is -2.34. The monoisotopic (exact) mass is 442 g/mol. The molecule has 2 aliphatic rings. The summed E-state index contributed by atoms with van der Waals surface area (Å²) in [7, 11) is 1.44. The molecule has 33 heavy (non-hydrogen) atoms. The van der Waals surface area contributed by atoms with Crippen LogP contribution in [0.25, 0.3) is 11.0 Å². The van der Waals surface area contributed by atoms with Gasteiger partial charge < -0.3 is 9.30 Å². The van der Waals surface area contributed by atoms with Crippen molar-refractivity contribution in [2.45, 2.75) is 64.0 Å². The van der Waals surface area contributed by atoms with Crippen molar-refractivity contribution in [1.29, 1.82) is 5.26 Å². The summed E-state index contributed by atoms with van der Waals surface area (Å²) >= 11 is 0. The Morgan fingerprint density at radius 3 is 2.58 bits per heavy atom. The van der Waals surface area contributed by atoms with Gasteiger partial charge in [0.15, 0.2) is 0 Å². The Labute approximate surface area is 194 Å². The molecule has 2 heterocycles. The largest absolute Gasteiger partial charge is 0.452 e. The first-order valence-electron chi connectivity index (χ1n) is 11.9. The van der Waals surface area contributed by atoms with E-state index < -0.39 is 0 Å². The zero-order chi connectivity index (χ0) is 22.9. The fourth-order valence-corrected chi connectivity index (χ4v) is 5.60. The molecule has 6 nitrogen and oxygen atoms in total. The number of amides is 1. The zero-order valence-electron chi connectivity index (χ0n) is 19.3. The number of ether oxygens (including phenoxy) is 1. The molecule has 1 aromatic heterocycles. The van der Waals surface area contributed by atoms with Gasteiger partial charge in [0.05, 0.1) is 29.9 Å². The SMILES string of the molecule is COC(=O)N1c2ccc3c(nc(Cc4ccccc4)n3C3CCC(C#N)CC3)c2CC[C@@H]1C. The maximum atomic E-state index is 12.5. The van der Waals surface area contributed by atoms with Crippen molar-refractivity contribution < 1.29 is 9.53 Å². The van der Waals surface area contributed by atoms with Gasteiger partial charge in [-0.1, -0.05) is 30.3 Å². The van der Waals surface area contributed by atoms with E-state index in [9.17, 15) is 10.1 Å². The third kappa shape index (κ3) is 3.86. The van der Waals surface area contributed by atoms with Gasteiger partial charge in [0.1, 0.15) is 5.82 Å². The highest BCUT2D eigenvalue weighted by molar-refractivity contribution is 5.95. The van der Waals surface area contributed by atoms with Crippen molar-refractivity contribution in [2.75, 3.05) is 12.0 Å². The van der Waals surface area contributed by atoms with Gasteiger partial charge in [0, 0.05) is 30.0 Å². The van der Waals surface area contributed by atoms with Crippen molar-refractivity contribution >= 4 is 22.8 Å². The van der Waals surface area contributed by atoms with Crippen LogP contribution in [0.2, 0.25) is 0 Å². The van der Waals surface area contributed by atoms with Crippen LogP contribution in [0.15, 0.2) is 42.5 Å². The van der Waals surface area contributed by atoms with Gasteiger partial charge >= 0.3 is 6.09 Å². The molecule has 170 valence electrons. The summed E-state index contributed by atoms with van der Waals surface area (Å²) in [6.45, 7) is 2.07. The minimum absolute atomic E-state index is 0.0922. The number of fused-ring (bicyclic) bond motifs is 3. The molecule has 1 fully saturated rings. The van der Waals surface area contributed by atoms with Crippen LogP contribution in [0.5, 0.6) is 0 Å². The Morgan fingerprint density at radius 1 is 1.12 bits per heavy atom. The number of rotatable bonds is 3. The number of aryl methyl sites for hydroxylation is 1. The highest BCUT2D eigenvalue weighted by Gasteiger charge is 2.32. The van der Waals surface area contributed by atoms with Crippen LogP contribution < -0.4 is 4.90 Å². The number of benzene rings is 2. The van der Waals surface area contributed by atoms with E-state index in [0.29, 0.717) is 6.04 Å². The van der Waals surface area contributed by atoms with Crippen LogP contribution in [0, 0.1) is 17.2 Å².